The predicted octanol–water partition coefficient (Wildman–Crippen LogP) is 2.84. The first-order valence-electron chi connectivity index (χ1n) is 5.31. The Morgan fingerprint density at radius 2 is 2.00 bits per heavy atom. The van der Waals surface area contributed by atoms with Crippen LogP contribution in [0, 0.1) is 6.92 Å². The standard InChI is InChI=1S/C14H13NO2/c1-10-4-3-5-11(6-10)12-7-13(9-15-8-12)14(16)17-2/h3-9H,1-2H3. The number of pyridine rings is 1. The summed E-state index contributed by atoms with van der Waals surface area (Å²) < 4.78 is 4.67. The molecular formula is C14H13NO2. The topological polar surface area (TPSA) is 39.2 Å². The van der Waals surface area contributed by atoms with Crippen molar-refractivity contribution >= 4 is 5.97 Å². The van der Waals surface area contributed by atoms with E-state index >= 15 is 0 Å². The monoisotopic (exact) mass is 227 g/mol. The highest BCUT2D eigenvalue weighted by molar-refractivity contribution is 5.90. The molecule has 0 saturated carbocycles. The van der Waals surface area contributed by atoms with Crippen LogP contribution in [0.4, 0.5) is 0 Å². The summed E-state index contributed by atoms with van der Waals surface area (Å²) in [5.41, 5.74) is 3.59. The van der Waals surface area contributed by atoms with E-state index in [1.54, 1.807) is 12.3 Å². The predicted molar refractivity (Wildman–Crippen MR) is 65.7 cm³/mol. The molecule has 17 heavy (non-hydrogen) atoms. The van der Waals surface area contributed by atoms with Gasteiger partial charge in [-0.15, -0.1) is 0 Å². The van der Waals surface area contributed by atoms with Gasteiger partial charge in [0.05, 0.1) is 12.7 Å². The van der Waals surface area contributed by atoms with E-state index in [9.17, 15) is 4.79 Å². The van der Waals surface area contributed by atoms with E-state index in [2.05, 4.69) is 15.8 Å². The molecule has 0 unspecified atom stereocenters. The van der Waals surface area contributed by atoms with Crippen LogP contribution in [0.1, 0.15) is 15.9 Å². The molecule has 0 amide bonds. The van der Waals surface area contributed by atoms with Crippen LogP contribution in [0.3, 0.4) is 0 Å². The maximum absolute atomic E-state index is 11.4. The van der Waals surface area contributed by atoms with Gasteiger partial charge in [0.25, 0.3) is 0 Å². The molecule has 86 valence electrons. The number of aromatic nitrogens is 1. The lowest BCUT2D eigenvalue weighted by atomic mass is 10.0. The molecule has 0 N–H and O–H groups in total. The van der Waals surface area contributed by atoms with Crippen molar-refractivity contribution in [1.29, 1.82) is 0 Å². The molecular weight excluding hydrogens is 214 g/mol. The number of carbonyl (C=O) groups excluding carboxylic acids is 1. The van der Waals surface area contributed by atoms with Crippen molar-refractivity contribution in [2.75, 3.05) is 7.11 Å². The molecule has 0 spiro atoms. The van der Waals surface area contributed by atoms with Gasteiger partial charge in [0, 0.05) is 18.0 Å². The summed E-state index contributed by atoms with van der Waals surface area (Å²) in [4.78, 5) is 15.5. The van der Waals surface area contributed by atoms with Crippen molar-refractivity contribution in [3.8, 4) is 11.1 Å². The van der Waals surface area contributed by atoms with E-state index < -0.39 is 0 Å². The van der Waals surface area contributed by atoms with E-state index in [-0.39, 0.29) is 5.97 Å². The molecule has 0 bridgehead atoms. The molecule has 2 rings (SSSR count). The number of ether oxygens (including phenoxy) is 1. The quantitative estimate of drug-likeness (QED) is 0.740. The summed E-state index contributed by atoms with van der Waals surface area (Å²) in [5.74, 6) is -0.369. The second-order valence-corrected chi connectivity index (χ2v) is 3.82. The third-order valence-corrected chi connectivity index (χ3v) is 2.51. The number of methoxy groups -OCH3 is 1. The average molecular weight is 227 g/mol. The highest BCUT2D eigenvalue weighted by Gasteiger charge is 2.07. The summed E-state index contributed by atoms with van der Waals surface area (Å²) in [5, 5.41) is 0. The average Bonchev–Trinajstić information content (AvgIpc) is 2.38. The van der Waals surface area contributed by atoms with Crippen LogP contribution in [0.5, 0.6) is 0 Å². The lowest BCUT2D eigenvalue weighted by molar-refractivity contribution is 0.0600. The first kappa shape index (κ1) is 11.3. The third-order valence-electron chi connectivity index (χ3n) is 2.51. The van der Waals surface area contributed by atoms with Crippen molar-refractivity contribution in [2.24, 2.45) is 0 Å². The Hall–Kier alpha value is -2.16. The zero-order valence-electron chi connectivity index (χ0n) is 9.81. The smallest absolute Gasteiger partial charge is 0.339 e. The molecule has 3 nitrogen and oxygen atoms in total. The minimum atomic E-state index is -0.369. The van der Waals surface area contributed by atoms with Crippen molar-refractivity contribution in [2.45, 2.75) is 6.92 Å². The van der Waals surface area contributed by atoms with Gasteiger partial charge in [0.1, 0.15) is 0 Å². The van der Waals surface area contributed by atoms with Gasteiger partial charge >= 0.3 is 5.97 Å². The minimum absolute atomic E-state index is 0.369. The zero-order valence-corrected chi connectivity index (χ0v) is 9.81. The first-order chi connectivity index (χ1) is 8.20. The highest BCUT2D eigenvalue weighted by atomic mass is 16.5. The fraction of sp³-hybridized carbons (Fsp3) is 0.143. The largest absolute Gasteiger partial charge is 0.465 e. The number of benzene rings is 1. The van der Waals surface area contributed by atoms with Crippen molar-refractivity contribution < 1.29 is 9.53 Å². The van der Waals surface area contributed by atoms with Crippen LogP contribution in [0.15, 0.2) is 42.7 Å². The Labute approximate surface area is 100 Å². The molecule has 2 aromatic rings. The van der Waals surface area contributed by atoms with Gasteiger partial charge < -0.3 is 4.74 Å². The number of aryl methyl sites for hydroxylation is 1. The van der Waals surface area contributed by atoms with Crippen molar-refractivity contribution in [3.05, 3.63) is 53.9 Å². The summed E-state index contributed by atoms with van der Waals surface area (Å²) in [6.45, 7) is 2.03. The molecule has 0 aliphatic heterocycles. The fourth-order valence-corrected chi connectivity index (χ4v) is 1.65. The van der Waals surface area contributed by atoms with E-state index in [1.165, 1.54) is 18.9 Å². The molecule has 1 aromatic heterocycles. The Morgan fingerprint density at radius 3 is 2.71 bits per heavy atom. The second kappa shape index (κ2) is 4.78. The maximum atomic E-state index is 11.4. The number of rotatable bonds is 2. The molecule has 3 heteroatoms. The number of carbonyl (C=O) groups is 1. The Kier molecular flexibility index (Phi) is 3.19. The van der Waals surface area contributed by atoms with E-state index in [0.717, 1.165) is 11.1 Å². The number of nitrogens with zero attached hydrogens (tertiary/aromatic N) is 1. The molecule has 0 aliphatic rings. The van der Waals surface area contributed by atoms with E-state index in [0.29, 0.717) is 5.56 Å². The van der Waals surface area contributed by atoms with Gasteiger partial charge in [0.15, 0.2) is 0 Å². The molecule has 0 saturated heterocycles. The Bertz CT molecular complexity index is 549. The van der Waals surface area contributed by atoms with Crippen molar-refractivity contribution in [3.63, 3.8) is 0 Å². The summed E-state index contributed by atoms with van der Waals surface area (Å²) in [6.07, 6.45) is 3.24. The zero-order chi connectivity index (χ0) is 12.3. The summed E-state index contributed by atoms with van der Waals surface area (Å²) in [7, 11) is 1.36. The van der Waals surface area contributed by atoms with E-state index in [4.69, 9.17) is 0 Å². The van der Waals surface area contributed by atoms with Crippen LogP contribution >= 0.6 is 0 Å². The van der Waals surface area contributed by atoms with Gasteiger partial charge in [-0.3, -0.25) is 4.98 Å². The summed E-state index contributed by atoms with van der Waals surface area (Å²) >= 11 is 0. The van der Waals surface area contributed by atoms with Crippen LogP contribution in [0.2, 0.25) is 0 Å². The molecule has 0 radical (unpaired) electrons. The van der Waals surface area contributed by atoms with Crippen LogP contribution < -0.4 is 0 Å². The Balaban J connectivity index is 2.43. The first-order valence-corrected chi connectivity index (χ1v) is 5.31. The molecule has 1 heterocycles. The number of hydrogen-bond acceptors (Lipinski definition) is 3. The van der Waals surface area contributed by atoms with Gasteiger partial charge in [-0.05, 0) is 18.6 Å². The highest BCUT2D eigenvalue weighted by Crippen LogP contribution is 2.20. The van der Waals surface area contributed by atoms with Crippen LogP contribution in [-0.2, 0) is 4.74 Å². The fourth-order valence-electron chi connectivity index (χ4n) is 1.65. The molecule has 1 aromatic carbocycles. The second-order valence-electron chi connectivity index (χ2n) is 3.82. The van der Waals surface area contributed by atoms with E-state index in [1.807, 2.05) is 25.1 Å². The van der Waals surface area contributed by atoms with Crippen LogP contribution in [0.25, 0.3) is 11.1 Å². The molecule has 0 aliphatic carbocycles. The summed E-state index contributed by atoms with van der Waals surface area (Å²) in [6, 6.07) is 9.84. The minimum Gasteiger partial charge on any atom is -0.465 e. The maximum Gasteiger partial charge on any atom is 0.339 e. The van der Waals surface area contributed by atoms with Crippen molar-refractivity contribution in [1.82, 2.24) is 4.98 Å². The number of esters is 1. The molecule has 0 atom stereocenters. The van der Waals surface area contributed by atoms with Crippen LogP contribution in [-0.4, -0.2) is 18.1 Å². The lowest BCUT2D eigenvalue weighted by Crippen LogP contribution is -2.01. The molecule has 0 fully saturated rings. The normalized spacial score (nSPS) is 10.0. The van der Waals surface area contributed by atoms with Gasteiger partial charge in [-0.25, -0.2) is 4.79 Å². The van der Waals surface area contributed by atoms with Gasteiger partial charge in [-0.2, -0.15) is 0 Å². The number of hydrogen-bond donors (Lipinski definition) is 0. The third kappa shape index (κ3) is 2.50. The van der Waals surface area contributed by atoms with Gasteiger partial charge in [0.2, 0.25) is 0 Å². The lowest BCUT2D eigenvalue weighted by Gasteiger charge is -2.04. The SMILES string of the molecule is COC(=O)c1cncc(-c2cccc(C)c2)c1. The van der Waals surface area contributed by atoms with Gasteiger partial charge in [-0.1, -0.05) is 29.8 Å². The Morgan fingerprint density at radius 1 is 1.18 bits per heavy atom.